The third-order valence-corrected chi connectivity index (χ3v) is 3.21. The highest BCUT2D eigenvalue weighted by molar-refractivity contribution is 6.10. The number of rotatable bonds is 3. The molecule has 0 spiro atoms. The average molecular weight is 311 g/mol. The molecular weight excluding hydrogens is 284 g/mol. The Hall–Kier alpha value is -1.91. The highest BCUT2D eigenvalue weighted by Gasteiger charge is 2.19. The van der Waals surface area contributed by atoms with Gasteiger partial charge in [-0.25, -0.2) is 8.78 Å². The van der Waals surface area contributed by atoms with Gasteiger partial charge in [0.1, 0.15) is 0 Å². The zero-order chi connectivity index (χ0) is 15.8. The van der Waals surface area contributed by atoms with Gasteiger partial charge in [-0.05, 0) is 36.1 Å². The van der Waals surface area contributed by atoms with E-state index in [0.717, 1.165) is 30.6 Å². The lowest BCUT2D eigenvalue weighted by Crippen LogP contribution is -2.13. The predicted octanol–water partition coefficient (Wildman–Crippen LogP) is 4.64. The number of allylic oxidation sites excluding steroid dienone is 1. The Morgan fingerprint density at radius 2 is 2.05 bits per heavy atom. The first kappa shape index (κ1) is 20.1. The molecule has 0 saturated heterocycles. The van der Waals surface area contributed by atoms with E-state index < -0.39 is 6.43 Å². The summed E-state index contributed by atoms with van der Waals surface area (Å²) in [5.74, 6) is 0. The van der Waals surface area contributed by atoms with Gasteiger partial charge in [0.25, 0.3) is 6.43 Å². The van der Waals surface area contributed by atoms with E-state index in [9.17, 15) is 8.78 Å². The summed E-state index contributed by atoms with van der Waals surface area (Å²) in [7, 11) is 1.59. The molecule has 3 nitrogen and oxygen atoms in total. The van der Waals surface area contributed by atoms with Gasteiger partial charge in [0.15, 0.2) is 0 Å². The SMILES string of the molecule is C.CC.CN=C/C(=C\N)c1cc2c(cc1C(F)F)NCCC2. The van der Waals surface area contributed by atoms with Gasteiger partial charge in [-0.3, -0.25) is 4.99 Å². The van der Waals surface area contributed by atoms with Crippen LogP contribution < -0.4 is 11.1 Å². The number of nitrogens with zero attached hydrogens (tertiary/aromatic N) is 1. The van der Waals surface area contributed by atoms with Crippen LogP contribution in [0.25, 0.3) is 5.57 Å². The molecule has 124 valence electrons. The number of nitrogens with two attached hydrogens (primary N) is 1. The average Bonchev–Trinajstić information content (AvgIpc) is 2.53. The molecule has 2 rings (SSSR count). The maximum Gasteiger partial charge on any atom is 0.264 e. The summed E-state index contributed by atoms with van der Waals surface area (Å²) in [6, 6.07) is 3.32. The molecule has 0 aliphatic carbocycles. The van der Waals surface area contributed by atoms with Crippen molar-refractivity contribution in [1.82, 2.24) is 0 Å². The fraction of sp³-hybridized carbons (Fsp3) is 0.471. The highest BCUT2D eigenvalue weighted by atomic mass is 19.3. The van der Waals surface area contributed by atoms with Crippen molar-refractivity contribution >= 4 is 17.5 Å². The van der Waals surface area contributed by atoms with E-state index in [0.29, 0.717) is 11.1 Å². The summed E-state index contributed by atoms with van der Waals surface area (Å²) in [5.41, 5.74) is 8.35. The lowest BCUT2D eigenvalue weighted by molar-refractivity contribution is 0.151. The lowest BCUT2D eigenvalue weighted by Gasteiger charge is -2.21. The number of alkyl halides is 2. The molecule has 22 heavy (non-hydrogen) atoms. The summed E-state index contributed by atoms with van der Waals surface area (Å²) < 4.78 is 26.4. The molecule has 0 atom stereocenters. The number of aryl methyl sites for hydroxylation is 1. The normalized spacial score (nSPS) is 13.8. The van der Waals surface area contributed by atoms with E-state index in [-0.39, 0.29) is 13.0 Å². The van der Waals surface area contributed by atoms with Gasteiger partial charge in [-0.2, -0.15) is 0 Å². The minimum Gasteiger partial charge on any atom is -0.404 e. The van der Waals surface area contributed by atoms with Crippen molar-refractivity contribution in [3.8, 4) is 0 Å². The molecule has 3 N–H and O–H groups in total. The number of hydrogen-bond donors (Lipinski definition) is 2. The minimum absolute atomic E-state index is 0. The summed E-state index contributed by atoms with van der Waals surface area (Å²) in [5, 5.41) is 3.16. The van der Waals surface area contributed by atoms with Crippen LogP contribution in [-0.4, -0.2) is 19.8 Å². The van der Waals surface area contributed by atoms with Crippen LogP contribution in [0.4, 0.5) is 14.5 Å². The number of hydrogen-bond acceptors (Lipinski definition) is 3. The Morgan fingerprint density at radius 3 is 2.59 bits per heavy atom. The van der Waals surface area contributed by atoms with Crippen LogP contribution in [0.3, 0.4) is 0 Å². The van der Waals surface area contributed by atoms with Crippen molar-refractivity contribution in [2.24, 2.45) is 10.7 Å². The van der Waals surface area contributed by atoms with Gasteiger partial charge in [0.2, 0.25) is 0 Å². The number of nitrogens with one attached hydrogen (secondary N) is 1. The first-order valence-corrected chi connectivity index (χ1v) is 7.20. The second kappa shape index (κ2) is 9.92. The van der Waals surface area contributed by atoms with E-state index in [1.165, 1.54) is 18.5 Å². The second-order valence-electron chi connectivity index (χ2n) is 4.44. The molecule has 0 amide bonds. The molecule has 1 aromatic rings. The van der Waals surface area contributed by atoms with Crippen molar-refractivity contribution in [3.63, 3.8) is 0 Å². The quantitative estimate of drug-likeness (QED) is 0.799. The van der Waals surface area contributed by atoms with Crippen LogP contribution in [0.2, 0.25) is 0 Å². The Bertz CT molecular complexity index is 523. The van der Waals surface area contributed by atoms with Crippen LogP contribution in [0.15, 0.2) is 23.3 Å². The smallest absolute Gasteiger partial charge is 0.264 e. The monoisotopic (exact) mass is 311 g/mol. The van der Waals surface area contributed by atoms with Crippen LogP contribution >= 0.6 is 0 Å². The molecule has 5 heteroatoms. The molecule has 0 bridgehead atoms. The Labute approximate surface area is 132 Å². The Balaban J connectivity index is 0.00000141. The van der Waals surface area contributed by atoms with Crippen molar-refractivity contribution < 1.29 is 8.78 Å². The van der Waals surface area contributed by atoms with E-state index in [4.69, 9.17) is 5.73 Å². The van der Waals surface area contributed by atoms with Crippen molar-refractivity contribution in [2.75, 3.05) is 18.9 Å². The highest BCUT2D eigenvalue weighted by Crippen LogP contribution is 2.34. The summed E-state index contributed by atoms with van der Waals surface area (Å²) in [6.45, 7) is 4.82. The molecule has 0 saturated carbocycles. The maximum atomic E-state index is 13.2. The van der Waals surface area contributed by atoms with Crippen LogP contribution in [0, 0.1) is 0 Å². The van der Waals surface area contributed by atoms with Crippen molar-refractivity contribution in [3.05, 3.63) is 35.0 Å². The number of anilines is 1. The fourth-order valence-corrected chi connectivity index (χ4v) is 2.31. The maximum absolute atomic E-state index is 13.2. The first-order chi connectivity index (χ1) is 10.2. The van der Waals surface area contributed by atoms with Crippen LogP contribution in [-0.2, 0) is 6.42 Å². The first-order valence-electron chi connectivity index (χ1n) is 7.20. The van der Waals surface area contributed by atoms with E-state index in [1.54, 1.807) is 13.1 Å². The summed E-state index contributed by atoms with van der Waals surface area (Å²) in [4.78, 5) is 3.86. The number of halogens is 2. The Kier molecular flexibility index (Phi) is 9.06. The van der Waals surface area contributed by atoms with Gasteiger partial charge in [-0.15, -0.1) is 0 Å². The van der Waals surface area contributed by atoms with Crippen molar-refractivity contribution in [1.29, 1.82) is 0 Å². The molecule has 0 aromatic heterocycles. The predicted molar refractivity (Wildman–Crippen MR) is 92.9 cm³/mol. The van der Waals surface area contributed by atoms with Gasteiger partial charge >= 0.3 is 0 Å². The number of benzene rings is 1. The van der Waals surface area contributed by atoms with Gasteiger partial charge in [0, 0.05) is 42.8 Å². The molecule has 1 aromatic carbocycles. The molecule has 1 heterocycles. The molecule has 0 fully saturated rings. The van der Waals surface area contributed by atoms with Crippen LogP contribution in [0.5, 0.6) is 0 Å². The van der Waals surface area contributed by atoms with Crippen LogP contribution in [0.1, 0.15) is 50.8 Å². The standard InChI is InChI=1S/C14H17F2N3.C2H6.CH4/c1-18-8-10(7-17)11-5-9-3-2-4-19-13(9)6-12(11)14(15)16;1-2;/h5-8,14,19H,2-4,17H2,1H3;1-2H3;1H4/b10-7+,18-8?;;. The molecule has 0 radical (unpaired) electrons. The van der Waals surface area contributed by atoms with Gasteiger partial charge < -0.3 is 11.1 Å². The number of aliphatic imine (C=N–C) groups is 1. The third-order valence-electron chi connectivity index (χ3n) is 3.21. The van der Waals surface area contributed by atoms with E-state index >= 15 is 0 Å². The molecule has 0 unspecified atom stereocenters. The van der Waals surface area contributed by atoms with E-state index in [2.05, 4.69) is 10.3 Å². The van der Waals surface area contributed by atoms with Crippen molar-refractivity contribution in [2.45, 2.75) is 40.5 Å². The third kappa shape index (κ3) is 4.55. The zero-order valence-electron chi connectivity index (χ0n) is 12.8. The second-order valence-corrected chi connectivity index (χ2v) is 4.44. The van der Waals surface area contributed by atoms with Gasteiger partial charge in [-0.1, -0.05) is 21.3 Å². The number of fused-ring (bicyclic) bond motifs is 1. The lowest BCUT2D eigenvalue weighted by atomic mass is 9.93. The Morgan fingerprint density at radius 1 is 1.36 bits per heavy atom. The summed E-state index contributed by atoms with van der Waals surface area (Å²) in [6.07, 6.45) is 2.18. The summed E-state index contributed by atoms with van der Waals surface area (Å²) >= 11 is 0. The minimum atomic E-state index is -2.54. The molecule has 1 aliphatic rings. The van der Waals surface area contributed by atoms with Gasteiger partial charge in [0.05, 0.1) is 0 Å². The molecule has 1 aliphatic heterocycles. The topological polar surface area (TPSA) is 50.4 Å². The largest absolute Gasteiger partial charge is 0.404 e. The fourth-order valence-electron chi connectivity index (χ4n) is 2.31. The van der Waals surface area contributed by atoms with E-state index in [1.807, 2.05) is 13.8 Å². The zero-order valence-corrected chi connectivity index (χ0v) is 12.8. The molecular formula is C17H27F2N3.